The number of esters is 2. The first-order valence-electron chi connectivity index (χ1n) is 47.5. The van der Waals surface area contributed by atoms with Crippen molar-refractivity contribution in [1.29, 1.82) is 7.67 Å². The fourth-order valence-electron chi connectivity index (χ4n) is 17.5. The number of carbonyl (C=O) groups excluding carboxylic acids is 3. The Morgan fingerprint density at radius 3 is 1.20 bits per heavy atom. The Balaban J connectivity index is -0.00000176. The second-order valence-electron chi connectivity index (χ2n) is 33.6. The second kappa shape index (κ2) is 70.2. The molecule has 4 heterocycles. The van der Waals surface area contributed by atoms with E-state index >= 15 is 0 Å². The van der Waals surface area contributed by atoms with Crippen molar-refractivity contribution in [3.8, 4) is 0 Å². The van der Waals surface area contributed by atoms with Crippen molar-refractivity contribution in [3.05, 3.63) is 148 Å². The number of unbranched alkanes of at least 4 members (excludes halogenated alkanes) is 10. The van der Waals surface area contributed by atoms with Crippen molar-refractivity contribution in [2.24, 2.45) is 47.3 Å². The zero-order valence-corrected chi connectivity index (χ0v) is 89.3. The highest BCUT2D eigenvalue weighted by Crippen LogP contribution is 2.46. The Bertz CT molecular complexity index is 4150. The van der Waals surface area contributed by atoms with E-state index in [1.807, 2.05) is 10.8 Å². The lowest BCUT2D eigenvalue weighted by atomic mass is 9.87. The molecule has 0 aromatic carbocycles. The van der Waals surface area contributed by atoms with E-state index in [9.17, 15) is 42.9 Å². The molecule has 4 aromatic heterocycles. The number of hydrogen-bond donors (Lipinski definition) is 5. The van der Waals surface area contributed by atoms with Gasteiger partial charge in [-0.3, -0.25) is 33.3 Å². The summed E-state index contributed by atoms with van der Waals surface area (Å²) in [5.41, 5.74) is 5.28. The lowest BCUT2D eigenvalue weighted by Gasteiger charge is -2.24. The van der Waals surface area contributed by atoms with Crippen LogP contribution in [0, 0.1) is 75.0 Å². The normalized spacial score (nSPS) is 25.4. The molecule has 0 spiro atoms. The molecule has 4 fully saturated rings. The molecule has 0 radical (unpaired) electrons. The van der Waals surface area contributed by atoms with Crippen molar-refractivity contribution in [3.63, 3.8) is 0 Å². The zero-order chi connectivity index (χ0) is 97.3. The third-order valence-corrected chi connectivity index (χ3v) is 31.9. The van der Waals surface area contributed by atoms with Crippen LogP contribution in [0.1, 0.15) is 242 Å². The first-order chi connectivity index (χ1) is 64.1. The summed E-state index contributed by atoms with van der Waals surface area (Å²) in [5.74, 6) is -0.596. The number of rotatable bonds is 63. The summed E-state index contributed by atoms with van der Waals surface area (Å²) in [4.78, 5) is 50.0. The van der Waals surface area contributed by atoms with Gasteiger partial charge in [0.1, 0.15) is 0 Å². The Hall–Kier alpha value is -1.42. The molecule has 0 saturated heterocycles. The number of aryl methyl sites for hydroxylation is 8. The number of sulfonamides is 1. The van der Waals surface area contributed by atoms with Gasteiger partial charge in [0.05, 0.1) is 101 Å². The number of carboxylic acids is 1. The Labute approximate surface area is 821 Å². The molecule has 0 aliphatic heterocycles. The molecule has 29 atom stereocenters. The summed E-state index contributed by atoms with van der Waals surface area (Å²) in [6.07, 6.45) is 46.0. The smallest absolute Gasteiger partial charge is 0.305 e. The number of allylic oxidation sites excluding steroid dienone is 2. The Morgan fingerprint density at radius 2 is 0.829 bits per heavy atom. The summed E-state index contributed by atoms with van der Waals surface area (Å²) in [6.45, 7) is 8.49. The molecule has 5 N–H and O–H groups in total. The minimum atomic E-state index is -3.50. The van der Waals surface area contributed by atoms with Crippen molar-refractivity contribution in [2.45, 2.75) is 319 Å². The minimum absolute atomic E-state index is 0. The molecule has 4 aromatic rings. The van der Waals surface area contributed by atoms with Gasteiger partial charge in [-0.1, -0.05) is 119 Å². The van der Waals surface area contributed by atoms with Crippen LogP contribution in [0.5, 0.6) is 0 Å². The number of amides is 1. The zero-order valence-electron chi connectivity index (χ0n) is 81.8. The van der Waals surface area contributed by atoms with Crippen LogP contribution in [0.2, 0.25) is 0 Å². The SMILES string of the molecule is Cc1sccc1CC[C@H](O)/C=C/[C@@H]1[C@@H](CCCCCCC(=O)NS(C)(=O)=O)[C@@H](O)C[C@H]1O.F.F.[3HH].[3HH].[3HH].[3HH].[3HH].[3H]PO[C@H](/C=C/[C@@H]1[C@@H](C/C=C\CCCC(=O)OC)[C@@H](OP)C[C@H]1OP[3H])CCc1ccsc1C.[3H]PO[C@H](/C=C/[C@@H]1[C@@H](CCCCCCC(=O)O)[C@@H](OP)C[C@H]1OP[3H])CCc1ccsc1C.[3H]PO[C@H](/C=C/[C@@H]1[C@@H](CCCCCCC(=O)OC)[C@@H](OP)C[C@H]1OP[3H])CCc1ccsc1C. The number of thiophene rings is 4. The molecule has 22 nitrogen and oxygen atoms in total. The minimum Gasteiger partial charge on any atom is -0.481 e. The van der Waals surface area contributed by atoms with Crippen LogP contribution in [0.25, 0.3) is 0 Å². The molecular weight excluding hydrogens is 1920 g/mol. The maximum Gasteiger partial charge on any atom is 0.305 e. The number of methoxy groups -OCH3 is 2. The van der Waals surface area contributed by atoms with E-state index in [0.29, 0.717) is 38.0 Å². The van der Waals surface area contributed by atoms with Crippen molar-refractivity contribution >= 4 is 164 Å². The number of halogens is 2. The number of aliphatic hydroxyl groups excluding tert-OH is 3. The quantitative estimate of drug-likeness (QED) is 0.0119. The molecule has 0 bridgehead atoms. The molecule has 9 unspecified atom stereocenters. The van der Waals surface area contributed by atoms with Crippen LogP contribution in [0.3, 0.4) is 0 Å². The number of nitrogens with one attached hydrogen (secondary N) is 1. The van der Waals surface area contributed by atoms with Crippen LogP contribution in [0.4, 0.5) is 9.41 Å². The largest absolute Gasteiger partial charge is 0.481 e. The van der Waals surface area contributed by atoms with Gasteiger partial charge in [-0.05, 0) is 229 Å². The van der Waals surface area contributed by atoms with E-state index in [1.165, 1.54) is 56.0 Å². The number of aliphatic hydroxyl groups is 3. The third kappa shape index (κ3) is 46.5. The summed E-state index contributed by atoms with van der Waals surface area (Å²) in [6, 6.07) is 8.57. The van der Waals surface area contributed by atoms with Gasteiger partial charge in [-0.15, -0.1) is 45.3 Å². The number of ether oxygens (including phenoxy) is 2. The highest BCUT2D eigenvalue weighted by molar-refractivity contribution is 7.89. The first kappa shape index (κ1) is 111. The number of aliphatic carboxylic acids is 1. The molecule has 746 valence electrons. The standard InChI is InChI=1S/C23H37NO6S2.C23H39O5P3S.C23H37O5P3S.C22H37O5P3S.2FH.5H2/c1-16-17(13-14-31-16)9-10-18(25)11-12-20-19(21(26)15-22(20)27)7-5-3-4-6-8-23(28)24-32(2,29)30;2*1-16-17(13-14-32-16)9-10-18(26-29)11-12-20-19(21(27-30)15-22(20)28-31)7-5-3-4-6-8-23(24)25-2;1-15-16(12-13-31-15)8-9-17(25-28)10-11-19-18(20(26-29)14-21(19)27-30)6-4-2-3-5-7-22(23)24;;;;;;;/h11-14,18-22,25-27H,3-10,15H2,1-2H3,(H,24,28);11-14,18-22H,3-10,15,29-31H2,1-2H3;3,5,11-14,18-22H,4,6-10,15,29-31H2,1-2H3;10-13,17-21H,2-9,14,28-30H2,1H3,(H,23,24);7*1H/b2*12-11+;5-3-,12-11+;11-10+;;;;;;;/t3*18-,19+,20+,21-,22+;17-,18+,19+,20-,21+;;;;;;;/m0000......./s1/i;2*29T,31T;28T,30T;;;5*1+2/t;2*18-,19+,20+,21-,22+,29?,31?;17-,18+,19+,20-,21+,28?,30?;;;;;;;. The van der Waals surface area contributed by atoms with Gasteiger partial charge in [-0.25, -0.2) is 8.42 Å². The average molecular weight is 2110 g/mol. The second-order valence-corrected chi connectivity index (χ2v) is 42.0. The van der Waals surface area contributed by atoms with Crippen molar-refractivity contribution in [1.82, 2.24) is 4.72 Å². The van der Waals surface area contributed by atoms with E-state index in [1.54, 1.807) is 51.4 Å². The van der Waals surface area contributed by atoms with Crippen molar-refractivity contribution in [2.75, 3.05) is 20.5 Å². The molecule has 38 heteroatoms. The summed E-state index contributed by atoms with van der Waals surface area (Å²) < 4.78 is 131. The molecule has 4 saturated carbocycles. The van der Waals surface area contributed by atoms with Gasteiger partial charge in [0.2, 0.25) is 15.9 Å². The van der Waals surface area contributed by atoms with Crippen LogP contribution in [-0.2, 0) is 105 Å². The van der Waals surface area contributed by atoms with Gasteiger partial charge in [0, 0.05) is 187 Å². The average Bonchev–Trinajstić information content (AvgIpc) is 1.68. The first-order valence-corrected chi connectivity index (χ1v) is 53.8. The fraction of sp³-hybridized carbons (Fsp3) is 0.670. The lowest BCUT2D eigenvalue weighted by molar-refractivity contribution is -0.141. The van der Waals surface area contributed by atoms with Crippen LogP contribution in [-0.4, -0.2) is 154 Å². The molecule has 129 heavy (non-hydrogen) atoms. The fourth-order valence-corrected chi connectivity index (χ4v) is 23.4. The lowest BCUT2D eigenvalue weighted by Crippen LogP contribution is -2.28. The van der Waals surface area contributed by atoms with Gasteiger partial charge in [0.25, 0.3) is 0 Å². The number of carbonyl (C=O) groups is 4. The maximum absolute atomic E-state index is 11.5. The number of hydrogen-bond acceptors (Lipinski definition) is 24. The predicted molar refractivity (Wildman–Crippen MR) is 563 cm³/mol. The molecule has 1 amide bonds. The maximum atomic E-state index is 11.5. The third-order valence-electron chi connectivity index (χ3n) is 24.9. The molecular formula is C91H162F2NO21P9S5. The van der Waals surface area contributed by atoms with E-state index in [0.717, 1.165) is 180 Å². The van der Waals surface area contributed by atoms with Gasteiger partial charge >= 0.3 is 17.9 Å². The van der Waals surface area contributed by atoms with Gasteiger partial charge < -0.3 is 70.6 Å². The monoisotopic (exact) mass is 2100 g/mol. The molecule has 4 aliphatic carbocycles. The van der Waals surface area contributed by atoms with Crippen LogP contribution < -0.4 is 4.72 Å². The summed E-state index contributed by atoms with van der Waals surface area (Å²) in [7, 11) is 4.62. The summed E-state index contributed by atoms with van der Waals surface area (Å²) in [5, 5.41) is 48.3. The number of carboxylic acid groups (broad SMARTS) is 1. The summed E-state index contributed by atoms with van der Waals surface area (Å²) >= 11 is 6.97. The van der Waals surface area contributed by atoms with Crippen molar-refractivity contribution < 1.29 is 115 Å². The van der Waals surface area contributed by atoms with E-state index < -0.39 is 40.2 Å². The van der Waals surface area contributed by atoms with Crippen LogP contribution >= 0.6 is 130 Å². The molecule has 8 rings (SSSR count). The Morgan fingerprint density at radius 1 is 0.465 bits per heavy atom. The van der Waals surface area contributed by atoms with Crippen LogP contribution in [0.15, 0.2) is 107 Å². The molecule has 4 aliphatic rings. The van der Waals surface area contributed by atoms with E-state index in [-0.39, 0.29) is 194 Å². The predicted octanol–water partition coefficient (Wildman–Crippen LogP) is 22.6. The topological polar surface area (TPSA) is 297 Å². The highest BCUT2D eigenvalue weighted by Gasteiger charge is 2.45. The Kier molecular flexibility index (Phi) is 60.6. The highest BCUT2D eigenvalue weighted by atomic mass is 32.2. The van der Waals surface area contributed by atoms with E-state index in [4.69, 9.17) is 58.2 Å². The van der Waals surface area contributed by atoms with Gasteiger partial charge in [-0.2, -0.15) is 0 Å². The van der Waals surface area contributed by atoms with Gasteiger partial charge in [0.15, 0.2) is 0 Å². The van der Waals surface area contributed by atoms with E-state index in [2.05, 4.69) is 155 Å².